The SMILES string of the molecule is Cc1cc(-c2cc3c(cc2Nc2ccc(C(C)(C)C)cc2)sc2cc(C(C)(C)C)ccc23)c2c3c1c1cc4c(cc1n3-c1cc3c(cc1B2)C(C)(C)c1ccccc1-3)oc1ccccc14. The molecule has 2 aliphatic rings. The van der Waals surface area contributed by atoms with Gasteiger partial charge in [0.1, 0.15) is 11.2 Å². The number of para-hydroxylation sites is 1. The first kappa shape index (κ1) is 38.9. The van der Waals surface area contributed by atoms with Crippen molar-refractivity contribution in [2.45, 2.75) is 78.6 Å². The van der Waals surface area contributed by atoms with Crippen LogP contribution in [0.25, 0.3) is 91.9 Å². The molecular formula is C60H51BN2OS. The summed E-state index contributed by atoms with van der Waals surface area (Å²) in [5.41, 5.74) is 22.5. The average Bonchev–Trinajstić information content (AvgIpc) is 3.99. The lowest BCUT2D eigenvalue weighted by Crippen LogP contribution is -2.38. The molecule has 0 radical (unpaired) electrons. The Balaban J connectivity index is 1.12. The Morgan fingerprint density at radius 2 is 1.32 bits per heavy atom. The minimum Gasteiger partial charge on any atom is -0.456 e. The van der Waals surface area contributed by atoms with Crippen molar-refractivity contribution in [3.63, 3.8) is 0 Å². The van der Waals surface area contributed by atoms with E-state index in [0.717, 1.165) is 40.6 Å². The zero-order valence-electron chi connectivity index (χ0n) is 38.7. The molecule has 11 aromatic rings. The maximum Gasteiger partial charge on any atom is 0.198 e. The second-order valence-corrected chi connectivity index (χ2v) is 22.6. The van der Waals surface area contributed by atoms with Gasteiger partial charge in [-0.05, 0) is 116 Å². The van der Waals surface area contributed by atoms with Gasteiger partial charge in [-0.2, -0.15) is 0 Å². The second kappa shape index (κ2) is 13.0. The molecule has 3 aromatic heterocycles. The Bertz CT molecular complexity index is 3880. The molecule has 0 unspecified atom stereocenters. The van der Waals surface area contributed by atoms with Crippen molar-refractivity contribution in [3.8, 4) is 27.9 Å². The number of hydrogen-bond donors (Lipinski definition) is 1. The molecule has 1 aliphatic heterocycles. The molecule has 1 N–H and O–H groups in total. The Morgan fingerprint density at radius 1 is 0.585 bits per heavy atom. The van der Waals surface area contributed by atoms with E-state index in [0.29, 0.717) is 0 Å². The fraction of sp³-hybridized carbons (Fsp3) is 0.200. The number of thiophene rings is 1. The van der Waals surface area contributed by atoms with Crippen molar-refractivity contribution in [2.24, 2.45) is 0 Å². The van der Waals surface area contributed by atoms with Crippen LogP contribution >= 0.6 is 11.3 Å². The van der Waals surface area contributed by atoms with Gasteiger partial charge >= 0.3 is 0 Å². The summed E-state index contributed by atoms with van der Waals surface area (Å²) in [6.07, 6.45) is 0. The highest BCUT2D eigenvalue weighted by molar-refractivity contribution is 7.25. The van der Waals surface area contributed by atoms with Crippen LogP contribution in [-0.2, 0) is 16.2 Å². The molecule has 8 aromatic carbocycles. The van der Waals surface area contributed by atoms with Crippen molar-refractivity contribution in [1.82, 2.24) is 4.57 Å². The number of hydrogen-bond acceptors (Lipinski definition) is 3. The summed E-state index contributed by atoms with van der Waals surface area (Å²) in [4.78, 5) is 0. The Labute approximate surface area is 385 Å². The highest BCUT2D eigenvalue weighted by Crippen LogP contribution is 2.51. The Hall–Kier alpha value is -6.56. The van der Waals surface area contributed by atoms with Crippen LogP contribution in [0.15, 0.2) is 138 Å². The minimum atomic E-state index is -0.108. The van der Waals surface area contributed by atoms with E-state index in [1.165, 1.54) is 109 Å². The van der Waals surface area contributed by atoms with Crippen LogP contribution in [-0.4, -0.2) is 11.8 Å². The zero-order valence-corrected chi connectivity index (χ0v) is 39.5. The van der Waals surface area contributed by atoms with E-state index in [9.17, 15) is 0 Å². The number of furan rings is 1. The molecule has 0 fully saturated rings. The summed E-state index contributed by atoms with van der Waals surface area (Å²) in [5, 5.41) is 11.5. The van der Waals surface area contributed by atoms with E-state index in [2.05, 4.69) is 206 Å². The van der Waals surface area contributed by atoms with Gasteiger partial charge in [-0.3, -0.25) is 0 Å². The lowest BCUT2D eigenvalue weighted by Gasteiger charge is -2.27. The highest BCUT2D eigenvalue weighted by Gasteiger charge is 2.38. The first-order valence-electron chi connectivity index (χ1n) is 23.2. The van der Waals surface area contributed by atoms with E-state index in [1.54, 1.807) is 0 Å². The van der Waals surface area contributed by atoms with Crippen molar-refractivity contribution < 1.29 is 4.42 Å². The molecule has 316 valence electrons. The number of benzene rings is 8. The van der Waals surface area contributed by atoms with Gasteiger partial charge in [0.25, 0.3) is 0 Å². The van der Waals surface area contributed by atoms with E-state index in [-0.39, 0.29) is 16.2 Å². The van der Waals surface area contributed by atoms with Crippen LogP contribution in [0.3, 0.4) is 0 Å². The van der Waals surface area contributed by atoms with Crippen molar-refractivity contribution in [2.75, 3.05) is 5.32 Å². The fourth-order valence-electron chi connectivity index (χ4n) is 11.5. The smallest absolute Gasteiger partial charge is 0.198 e. The van der Waals surface area contributed by atoms with Crippen LogP contribution in [0, 0.1) is 6.92 Å². The summed E-state index contributed by atoms with van der Waals surface area (Å²) in [6, 6.07) is 50.9. The molecule has 4 heterocycles. The lowest BCUT2D eigenvalue weighted by atomic mass is 9.58. The number of nitrogens with one attached hydrogen (secondary N) is 1. The topological polar surface area (TPSA) is 30.1 Å². The average molecular weight is 859 g/mol. The van der Waals surface area contributed by atoms with Gasteiger partial charge in [0, 0.05) is 81.3 Å². The molecule has 0 saturated heterocycles. The van der Waals surface area contributed by atoms with Crippen LogP contribution in [0.4, 0.5) is 11.4 Å². The van der Waals surface area contributed by atoms with Crippen LogP contribution in [0.2, 0.25) is 0 Å². The monoisotopic (exact) mass is 858 g/mol. The molecule has 5 heteroatoms. The minimum absolute atomic E-state index is 0.0690. The molecule has 0 atom stereocenters. The van der Waals surface area contributed by atoms with E-state index in [4.69, 9.17) is 4.42 Å². The normalized spacial score (nSPS) is 14.2. The summed E-state index contributed by atoms with van der Waals surface area (Å²) >= 11 is 1.90. The van der Waals surface area contributed by atoms with Gasteiger partial charge in [-0.15, -0.1) is 11.3 Å². The van der Waals surface area contributed by atoms with Gasteiger partial charge < -0.3 is 14.3 Å². The third kappa shape index (κ3) is 5.55. The number of anilines is 2. The molecule has 1 aliphatic carbocycles. The summed E-state index contributed by atoms with van der Waals surface area (Å²) in [7, 11) is 0.827. The number of rotatable bonds is 3. The first-order valence-corrected chi connectivity index (χ1v) is 24.0. The predicted octanol–water partition coefficient (Wildman–Crippen LogP) is 15.4. The third-order valence-electron chi connectivity index (χ3n) is 15.0. The quantitative estimate of drug-likeness (QED) is 0.179. The zero-order chi connectivity index (χ0) is 44.5. The summed E-state index contributed by atoms with van der Waals surface area (Å²) in [5.74, 6) is 0. The summed E-state index contributed by atoms with van der Waals surface area (Å²) < 4.78 is 11.9. The number of aromatic nitrogens is 1. The van der Waals surface area contributed by atoms with Crippen LogP contribution < -0.4 is 16.2 Å². The van der Waals surface area contributed by atoms with Gasteiger partial charge in [0.2, 0.25) is 0 Å². The summed E-state index contributed by atoms with van der Waals surface area (Å²) in [6.45, 7) is 20.9. The van der Waals surface area contributed by atoms with Crippen LogP contribution in [0.5, 0.6) is 0 Å². The van der Waals surface area contributed by atoms with E-state index < -0.39 is 0 Å². The van der Waals surface area contributed by atoms with Gasteiger partial charge in [0.05, 0.1) is 5.52 Å². The van der Waals surface area contributed by atoms with Gasteiger partial charge in [-0.25, -0.2) is 0 Å². The number of aryl methyl sites for hydroxylation is 1. The maximum absolute atomic E-state index is 6.64. The van der Waals surface area contributed by atoms with Gasteiger partial charge in [0.15, 0.2) is 7.28 Å². The number of nitrogens with zero attached hydrogens (tertiary/aromatic N) is 1. The Kier molecular flexibility index (Phi) is 7.80. The second-order valence-electron chi connectivity index (χ2n) is 21.5. The van der Waals surface area contributed by atoms with E-state index in [1.807, 2.05) is 11.3 Å². The molecule has 13 rings (SSSR count). The van der Waals surface area contributed by atoms with Crippen molar-refractivity contribution >= 4 is 105 Å². The standard InChI is InChI=1S/C60H51BN2OS/c1-32-24-43(40-26-42-38-23-20-34(59(5,6)7)25-53(38)65-54(42)30-48(40)62-35-21-18-33(19-22-35)58(2,3)4)56-57-55(32)44-27-41-37-15-11-13-17-51(37)64-52(41)31-49(44)63(57)50-28-39-36-14-10-12-16-45(36)60(8,9)46(39)29-47(50)61-56/h10-31,61-62H,1-9H3. The molecular weight excluding hydrogens is 808 g/mol. The lowest BCUT2D eigenvalue weighted by molar-refractivity contribution is 0.590. The third-order valence-corrected chi connectivity index (χ3v) is 16.1. The van der Waals surface area contributed by atoms with Crippen molar-refractivity contribution in [1.29, 1.82) is 0 Å². The molecule has 0 bridgehead atoms. The molecule has 0 saturated carbocycles. The number of fused-ring (bicyclic) bond motifs is 14. The maximum atomic E-state index is 6.64. The molecule has 0 amide bonds. The van der Waals surface area contributed by atoms with E-state index >= 15 is 0 Å². The largest absolute Gasteiger partial charge is 0.456 e. The first-order chi connectivity index (χ1) is 31.1. The van der Waals surface area contributed by atoms with Crippen LogP contribution in [0.1, 0.15) is 83.2 Å². The van der Waals surface area contributed by atoms with Crippen molar-refractivity contribution in [3.05, 3.63) is 161 Å². The van der Waals surface area contributed by atoms with Gasteiger partial charge in [-0.1, -0.05) is 140 Å². The Morgan fingerprint density at radius 3 is 2.12 bits per heavy atom. The fourth-order valence-corrected chi connectivity index (χ4v) is 12.7. The highest BCUT2D eigenvalue weighted by atomic mass is 32.1. The molecule has 3 nitrogen and oxygen atoms in total. The molecule has 65 heavy (non-hydrogen) atoms. The predicted molar refractivity (Wildman–Crippen MR) is 282 cm³/mol. The molecule has 0 spiro atoms.